The van der Waals surface area contributed by atoms with Crippen molar-refractivity contribution in [3.8, 4) is 0 Å². The van der Waals surface area contributed by atoms with Crippen molar-refractivity contribution in [1.29, 1.82) is 0 Å². The van der Waals surface area contributed by atoms with E-state index >= 15 is 0 Å². The number of primary amides is 1. The second-order valence-corrected chi connectivity index (χ2v) is 8.85. The third kappa shape index (κ3) is 3.38. The Labute approximate surface area is 151 Å². The van der Waals surface area contributed by atoms with Crippen LogP contribution in [0.3, 0.4) is 0 Å². The maximum absolute atomic E-state index is 13.1. The average Bonchev–Trinajstić information content (AvgIpc) is 2.54. The summed E-state index contributed by atoms with van der Waals surface area (Å²) >= 11 is 6.24. The molecule has 1 aromatic carbocycles. The van der Waals surface area contributed by atoms with Crippen LogP contribution in [0.1, 0.15) is 31.7 Å². The summed E-state index contributed by atoms with van der Waals surface area (Å²) < 4.78 is 27.5. The molecule has 2 amide bonds. The first-order chi connectivity index (χ1) is 11.7. The minimum atomic E-state index is -3.92. The Bertz CT molecular complexity index is 840. The molecule has 7 nitrogen and oxygen atoms in total. The van der Waals surface area contributed by atoms with E-state index in [2.05, 4.69) is 5.32 Å². The predicted molar refractivity (Wildman–Crippen MR) is 93.7 cm³/mol. The number of aryl methyl sites for hydroxylation is 1. The van der Waals surface area contributed by atoms with Gasteiger partial charge in [-0.15, -0.1) is 0 Å². The number of anilines is 1. The van der Waals surface area contributed by atoms with Crippen LogP contribution in [0.15, 0.2) is 17.0 Å². The van der Waals surface area contributed by atoms with Crippen molar-refractivity contribution < 1.29 is 18.0 Å². The molecule has 3 N–H and O–H groups in total. The smallest absolute Gasteiger partial charge is 0.244 e. The van der Waals surface area contributed by atoms with Crippen LogP contribution in [-0.2, 0) is 26.0 Å². The third-order valence-corrected chi connectivity index (χ3v) is 7.31. The van der Waals surface area contributed by atoms with Gasteiger partial charge in [-0.25, -0.2) is 8.42 Å². The molecule has 0 aliphatic carbocycles. The van der Waals surface area contributed by atoms with Gasteiger partial charge in [-0.3, -0.25) is 9.59 Å². The molecule has 2 heterocycles. The minimum absolute atomic E-state index is 0.0403. The Morgan fingerprint density at radius 3 is 2.72 bits per heavy atom. The number of nitrogens with two attached hydrogens (primary N) is 1. The second-order valence-electron chi connectivity index (χ2n) is 6.59. The van der Waals surface area contributed by atoms with E-state index in [9.17, 15) is 18.0 Å². The highest BCUT2D eigenvalue weighted by Gasteiger charge is 2.38. The molecule has 0 radical (unpaired) electrons. The summed E-state index contributed by atoms with van der Waals surface area (Å²) in [7, 11) is -3.92. The summed E-state index contributed by atoms with van der Waals surface area (Å²) in [4.78, 5) is 23.0. The van der Waals surface area contributed by atoms with Crippen LogP contribution in [-0.4, -0.2) is 37.1 Å². The third-order valence-electron chi connectivity index (χ3n) is 4.87. The molecule has 0 spiro atoms. The molecular formula is C16H20ClN3O4S. The Morgan fingerprint density at radius 2 is 2.04 bits per heavy atom. The van der Waals surface area contributed by atoms with Crippen molar-refractivity contribution in [1.82, 2.24) is 4.31 Å². The zero-order chi connectivity index (χ0) is 18.4. The van der Waals surface area contributed by atoms with Gasteiger partial charge in [0.2, 0.25) is 21.8 Å². The predicted octanol–water partition coefficient (Wildman–Crippen LogP) is 1.50. The van der Waals surface area contributed by atoms with E-state index in [1.807, 2.05) is 0 Å². The maximum Gasteiger partial charge on any atom is 0.244 e. The number of amides is 2. The number of nitrogens with zero attached hydrogens (tertiary/aromatic N) is 1. The Kier molecular flexibility index (Phi) is 4.78. The van der Waals surface area contributed by atoms with Crippen LogP contribution in [0.5, 0.6) is 0 Å². The molecule has 2 unspecified atom stereocenters. The van der Waals surface area contributed by atoms with E-state index in [0.29, 0.717) is 31.4 Å². The number of hydrogen-bond acceptors (Lipinski definition) is 4. The fourth-order valence-corrected chi connectivity index (χ4v) is 5.60. The van der Waals surface area contributed by atoms with Gasteiger partial charge in [0, 0.05) is 24.7 Å². The molecule has 2 aliphatic heterocycles. The largest absolute Gasteiger partial charge is 0.369 e. The highest BCUT2D eigenvalue weighted by molar-refractivity contribution is 7.89. The highest BCUT2D eigenvalue weighted by Crippen LogP contribution is 2.35. The van der Waals surface area contributed by atoms with E-state index < -0.39 is 21.8 Å². The van der Waals surface area contributed by atoms with Crippen LogP contribution in [0.25, 0.3) is 0 Å². The number of carbonyl (C=O) groups excluding carboxylic acids is 2. The van der Waals surface area contributed by atoms with Crippen molar-refractivity contribution in [3.05, 3.63) is 22.7 Å². The first-order valence-corrected chi connectivity index (χ1v) is 9.95. The van der Waals surface area contributed by atoms with Gasteiger partial charge < -0.3 is 11.1 Å². The van der Waals surface area contributed by atoms with Crippen molar-refractivity contribution in [2.75, 3.05) is 11.9 Å². The quantitative estimate of drug-likeness (QED) is 0.821. The number of benzene rings is 1. The lowest BCUT2D eigenvalue weighted by Gasteiger charge is -2.36. The van der Waals surface area contributed by atoms with Crippen molar-refractivity contribution in [3.63, 3.8) is 0 Å². The molecule has 2 atom stereocenters. The van der Waals surface area contributed by atoms with Crippen molar-refractivity contribution in [2.45, 2.75) is 43.5 Å². The highest BCUT2D eigenvalue weighted by atomic mass is 35.5. The summed E-state index contributed by atoms with van der Waals surface area (Å²) in [5, 5.41) is 2.80. The monoisotopic (exact) mass is 385 g/mol. The zero-order valence-corrected chi connectivity index (χ0v) is 15.4. The van der Waals surface area contributed by atoms with Crippen LogP contribution >= 0.6 is 11.6 Å². The normalized spacial score (nSPS) is 24.5. The number of nitrogens with one attached hydrogen (secondary N) is 1. The fourth-order valence-electron chi connectivity index (χ4n) is 3.34. The number of piperidine rings is 1. The first kappa shape index (κ1) is 18.2. The zero-order valence-electron chi connectivity index (χ0n) is 13.8. The van der Waals surface area contributed by atoms with Gasteiger partial charge >= 0.3 is 0 Å². The molecule has 2 aliphatic rings. The number of sulfonamides is 1. The lowest BCUT2D eigenvalue weighted by Crippen LogP contribution is -2.48. The van der Waals surface area contributed by atoms with E-state index in [-0.39, 0.29) is 28.4 Å². The summed E-state index contributed by atoms with van der Waals surface area (Å²) in [6.45, 7) is 1.83. The molecule has 9 heteroatoms. The number of carbonyl (C=O) groups is 2. The van der Waals surface area contributed by atoms with Gasteiger partial charge in [0.1, 0.15) is 4.90 Å². The molecule has 0 aromatic heterocycles. The number of fused-ring (bicyclic) bond motifs is 1. The topological polar surface area (TPSA) is 110 Å². The molecule has 0 bridgehead atoms. The van der Waals surface area contributed by atoms with E-state index in [4.69, 9.17) is 17.3 Å². The van der Waals surface area contributed by atoms with Gasteiger partial charge in [0.15, 0.2) is 0 Å². The van der Waals surface area contributed by atoms with Gasteiger partial charge in [-0.1, -0.05) is 11.6 Å². The number of rotatable bonds is 3. The Morgan fingerprint density at radius 1 is 1.32 bits per heavy atom. The van der Waals surface area contributed by atoms with Gasteiger partial charge in [-0.2, -0.15) is 4.31 Å². The minimum Gasteiger partial charge on any atom is -0.369 e. The van der Waals surface area contributed by atoms with Gasteiger partial charge in [-0.05, 0) is 43.9 Å². The fraction of sp³-hybridized carbons (Fsp3) is 0.500. The molecule has 136 valence electrons. The van der Waals surface area contributed by atoms with Crippen LogP contribution in [0, 0.1) is 5.92 Å². The Hall–Kier alpha value is -1.64. The van der Waals surface area contributed by atoms with E-state index in [1.54, 1.807) is 13.0 Å². The summed E-state index contributed by atoms with van der Waals surface area (Å²) in [6.07, 6.45) is 1.98. The van der Waals surface area contributed by atoms with Crippen LogP contribution in [0.2, 0.25) is 5.02 Å². The molecule has 25 heavy (non-hydrogen) atoms. The molecule has 1 aromatic rings. The standard InChI is InChI=1S/C16H20ClN3O4S/c1-9-2-3-11(16(18)22)8-20(9)25(23,24)14-7-13-10(6-12(14)17)4-5-15(21)19-13/h6-7,9,11H,2-5,8H2,1H3,(H2,18,22)(H,19,21). The molecule has 0 saturated carbocycles. The van der Waals surface area contributed by atoms with Gasteiger partial charge in [0.25, 0.3) is 0 Å². The molecular weight excluding hydrogens is 366 g/mol. The lowest BCUT2D eigenvalue weighted by atomic mass is 9.95. The molecule has 1 fully saturated rings. The summed E-state index contributed by atoms with van der Waals surface area (Å²) in [6, 6.07) is 2.73. The van der Waals surface area contributed by atoms with Crippen LogP contribution in [0.4, 0.5) is 5.69 Å². The molecule has 1 saturated heterocycles. The number of hydrogen-bond donors (Lipinski definition) is 2. The maximum atomic E-state index is 13.1. The summed E-state index contributed by atoms with van der Waals surface area (Å²) in [5.41, 5.74) is 6.64. The molecule has 3 rings (SSSR count). The van der Waals surface area contributed by atoms with E-state index in [0.717, 1.165) is 5.56 Å². The Balaban J connectivity index is 2.00. The summed E-state index contributed by atoms with van der Waals surface area (Å²) in [5.74, 6) is -1.17. The average molecular weight is 386 g/mol. The number of halogens is 1. The second kappa shape index (κ2) is 6.59. The van der Waals surface area contributed by atoms with Crippen molar-refractivity contribution in [2.24, 2.45) is 11.7 Å². The van der Waals surface area contributed by atoms with E-state index in [1.165, 1.54) is 10.4 Å². The van der Waals surface area contributed by atoms with Crippen molar-refractivity contribution >= 4 is 39.1 Å². The van der Waals surface area contributed by atoms with Crippen LogP contribution < -0.4 is 11.1 Å². The lowest BCUT2D eigenvalue weighted by molar-refractivity contribution is -0.123. The SMILES string of the molecule is CC1CCC(C(N)=O)CN1S(=O)(=O)c1cc2c(cc1Cl)CCC(=O)N2. The first-order valence-electron chi connectivity index (χ1n) is 8.13. The van der Waals surface area contributed by atoms with Gasteiger partial charge in [0.05, 0.1) is 10.9 Å².